The maximum absolute atomic E-state index is 10.8. The van der Waals surface area contributed by atoms with E-state index >= 15 is 0 Å². The van der Waals surface area contributed by atoms with Crippen molar-refractivity contribution in [2.75, 3.05) is 0 Å². The summed E-state index contributed by atoms with van der Waals surface area (Å²) in [5, 5.41) is 10.7. The highest BCUT2D eigenvalue weighted by Crippen LogP contribution is 2.29. The summed E-state index contributed by atoms with van der Waals surface area (Å²) in [5.74, 6) is -0.0260. The van der Waals surface area contributed by atoms with Crippen molar-refractivity contribution in [3.63, 3.8) is 0 Å². The lowest BCUT2D eigenvalue weighted by atomic mass is 9.98. The van der Waals surface area contributed by atoms with Gasteiger partial charge in [-0.2, -0.15) is 4.98 Å². The molecule has 1 saturated carbocycles. The normalized spacial score (nSPS) is 16.8. The van der Waals surface area contributed by atoms with Crippen LogP contribution in [0.5, 0.6) is 5.88 Å². The highest BCUT2D eigenvalue weighted by Gasteiger charge is 2.23. The Hall–Kier alpha value is -1.43. The molecule has 7 heteroatoms. The molecule has 0 atom stereocenters. The zero-order chi connectivity index (χ0) is 12.3. The quantitative estimate of drug-likeness (QED) is 0.473. The van der Waals surface area contributed by atoms with Crippen molar-refractivity contribution in [3.05, 3.63) is 21.6 Å². The zero-order valence-electron chi connectivity index (χ0n) is 9.13. The number of halogens is 1. The van der Waals surface area contributed by atoms with E-state index < -0.39 is 4.92 Å². The first-order chi connectivity index (χ1) is 8.16. The van der Waals surface area contributed by atoms with E-state index in [1.165, 1.54) is 6.42 Å². The first-order valence-electron chi connectivity index (χ1n) is 5.50. The Bertz CT molecular complexity index is 421. The van der Waals surface area contributed by atoms with E-state index in [2.05, 4.69) is 9.97 Å². The second-order valence-corrected chi connectivity index (χ2v) is 4.30. The van der Waals surface area contributed by atoms with Gasteiger partial charge >= 0.3 is 5.69 Å². The van der Waals surface area contributed by atoms with Crippen molar-refractivity contribution >= 4 is 17.3 Å². The average Bonchev–Trinajstić information content (AvgIpc) is 2.30. The molecule has 2 rings (SSSR count). The smallest absolute Gasteiger partial charge is 0.349 e. The van der Waals surface area contributed by atoms with E-state index in [4.69, 9.17) is 16.3 Å². The number of ether oxygens (including phenoxy) is 1. The molecule has 1 heterocycles. The van der Waals surface area contributed by atoms with Crippen LogP contribution in [-0.4, -0.2) is 21.0 Å². The van der Waals surface area contributed by atoms with Crippen LogP contribution in [0.2, 0.25) is 5.28 Å². The molecule has 17 heavy (non-hydrogen) atoms. The minimum absolute atomic E-state index is 0.00610. The van der Waals surface area contributed by atoms with Crippen LogP contribution in [0, 0.1) is 10.1 Å². The van der Waals surface area contributed by atoms with Crippen molar-refractivity contribution in [2.45, 2.75) is 38.2 Å². The summed E-state index contributed by atoms with van der Waals surface area (Å²) in [4.78, 5) is 17.6. The summed E-state index contributed by atoms with van der Waals surface area (Å²) in [6, 6.07) is 0. The maximum atomic E-state index is 10.8. The number of nitrogens with zero attached hydrogens (tertiary/aromatic N) is 3. The molecular formula is C10H12ClN3O3. The van der Waals surface area contributed by atoms with Gasteiger partial charge in [0, 0.05) is 0 Å². The van der Waals surface area contributed by atoms with Crippen molar-refractivity contribution in [2.24, 2.45) is 0 Å². The molecule has 1 aromatic rings. The first-order valence-corrected chi connectivity index (χ1v) is 5.88. The minimum atomic E-state index is -0.561. The summed E-state index contributed by atoms with van der Waals surface area (Å²) in [6.45, 7) is 0. The Kier molecular flexibility index (Phi) is 3.73. The van der Waals surface area contributed by atoms with Crippen molar-refractivity contribution < 1.29 is 9.66 Å². The van der Waals surface area contributed by atoms with E-state index in [0.717, 1.165) is 31.9 Å². The van der Waals surface area contributed by atoms with Gasteiger partial charge in [-0.1, -0.05) is 6.42 Å². The molecule has 6 nitrogen and oxygen atoms in total. The Morgan fingerprint density at radius 3 is 2.76 bits per heavy atom. The Balaban J connectivity index is 2.17. The van der Waals surface area contributed by atoms with Crippen LogP contribution in [-0.2, 0) is 0 Å². The topological polar surface area (TPSA) is 78.2 Å². The fourth-order valence-electron chi connectivity index (χ4n) is 1.89. The largest absolute Gasteiger partial charge is 0.469 e. The number of nitro groups is 1. The monoisotopic (exact) mass is 257 g/mol. The molecule has 1 aliphatic carbocycles. The standard InChI is InChI=1S/C10H12ClN3O3/c11-10-12-6-8(14(15)16)9(13-10)17-7-4-2-1-3-5-7/h6-7H,1-5H2. The van der Waals surface area contributed by atoms with Gasteiger partial charge < -0.3 is 4.74 Å². The van der Waals surface area contributed by atoms with Gasteiger partial charge in [0.25, 0.3) is 5.88 Å². The van der Waals surface area contributed by atoms with Crippen molar-refractivity contribution in [1.82, 2.24) is 9.97 Å². The first kappa shape index (κ1) is 12.0. The van der Waals surface area contributed by atoms with Gasteiger partial charge in [-0.15, -0.1) is 0 Å². The van der Waals surface area contributed by atoms with E-state index in [9.17, 15) is 10.1 Å². The van der Waals surface area contributed by atoms with E-state index in [-0.39, 0.29) is 23.0 Å². The van der Waals surface area contributed by atoms with Crippen molar-refractivity contribution in [1.29, 1.82) is 0 Å². The average molecular weight is 258 g/mol. The summed E-state index contributed by atoms with van der Waals surface area (Å²) < 4.78 is 5.55. The molecule has 0 saturated heterocycles. The SMILES string of the molecule is O=[N+]([O-])c1cnc(Cl)nc1OC1CCCCC1. The van der Waals surface area contributed by atoms with Crippen LogP contribution < -0.4 is 4.74 Å². The number of aromatic nitrogens is 2. The summed E-state index contributed by atoms with van der Waals surface area (Å²) in [7, 11) is 0. The molecule has 0 unspecified atom stereocenters. The fourth-order valence-corrected chi connectivity index (χ4v) is 2.02. The van der Waals surface area contributed by atoms with Crippen LogP contribution in [0.25, 0.3) is 0 Å². The Labute approximate surface area is 103 Å². The van der Waals surface area contributed by atoms with Crippen LogP contribution in [0.3, 0.4) is 0 Å². The van der Waals surface area contributed by atoms with Gasteiger partial charge in [0.2, 0.25) is 5.28 Å². The lowest BCUT2D eigenvalue weighted by Gasteiger charge is -2.21. The number of rotatable bonds is 3. The third-order valence-corrected chi connectivity index (χ3v) is 2.92. The van der Waals surface area contributed by atoms with Gasteiger partial charge in [0.15, 0.2) is 0 Å². The molecule has 1 fully saturated rings. The molecule has 92 valence electrons. The second kappa shape index (κ2) is 5.27. The van der Waals surface area contributed by atoms with Gasteiger partial charge in [-0.3, -0.25) is 10.1 Å². The third-order valence-electron chi connectivity index (χ3n) is 2.73. The molecule has 0 spiro atoms. The van der Waals surface area contributed by atoms with E-state index in [0.29, 0.717) is 0 Å². The lowest BCUT2D eigenvalue weighted by Crippen LogP contribution is -2.20. The molecule has 0 amide bonds. The van der Waals surface area contributed by atoms with Gasteiger partial charge in [0.1, 0.15) is 12.3 Å². The molecular weight excluding hydrogens is 246 g/mol. The van der Waals surface area contributed by atoms with Crippen LogP contribution in [0.4, 0.5) is 5.69 Å². The summed E-state index contributed by atoms with van der Waals surface area (Å²) >= 11 is 5.61. The highest BCUT2D eigenvalue weighted by atomic mass is 35.5. The fraction of sp³-hybridized carbons (Fsp3) is 0.600. The number of hydrogen-bond donors (Lipinski definition) is 0. The molecule has 0 N–H and O–H groups in total. The minimum Gasteiger partial charge on any atom is -0.469 e. The predicted molar refractivity (Wildman–Crippen MR) is 61.2 cm³/mol. The molecule has 1 aliphatic rings. The van der Waals surface area contributed by atoms with E-state index in [1.54, 1.807) is 0 Å². The van der Waals surface area contributed by atoms with Gasteiger partial charge in [0.05, 0.1) is 4.92 Å². The van der Waals surface area contributed by atoms with Crippen molar-refractivity contribution in [3.8, 4) is 5.88 Å². The Morgan fingerprint density at radius 2 is 2.12 bits per heavy atom. The highest BCUT2D eigenvalue weighted by molar-refractivity contribution is 6.28. The van der Waals surface area contributed by atoms with Gasteiger partial charge in [-0.05, 0) is 37.3 Å². The lowest BCUT2D eigenvalue weighted by molar-refractivity contribution is -0.386. The molecule has 1 aromatic heterocycles. The number of hydrogen-bond acceptors (Lipinski definition) is 5. The molecule has 0 aliphatic heterocycles. The maximum Gasteiger partial charge on any atom is 0.349 e. The predicted octanol–water partition coefficient (Wildman–Crippen LogP) is 2.75. The summed E-state index contributed by atoms with van der Waals surface area (Å²) in [5.41, 5.74) is -0.236. The molecule has 0 aromatic carbocycles. The second-order valence-electron chi connectivity index (χ2n) is 3.96. The third kappa shape index (κ3) is 3.03. The Morgan fingerprint density at radius 1 is 1.41 bits per heavy atom. The molecule has 0 bridgehead atoms. The summed E-state index contributed by atoms with van der Waals surface area (Å²) in [6.07, 6.45) is 6.22. The van der Waals surface area contributed by atoms with Crippen LogP contribution >= 0.6 is 11.6 Å². The van der Waals surface area contributed by atoms with Crippen LogP contribution in [0.1, 0.15) is 32.1 Å². The zero-order valence-corrected chi connectivity index (χ0v) is 9.89. The molecule has 0 radical (unpaired) electrons. The van der Waals surface area contributed by atoms with Gasteiger partial charge in [-0.25, -0.2) is 4.98 Å². The van der Waals surface area contributed by atoms with E-state index in [1.807, 2.05) is 0 Å². The van der Waals surface area contributed by atoms with Crippen LogP contribution in [0.15, 0.2) is 6.20 Å².